The highest BCUT2D eigenvalue weighted by Crippen LogP contribution is 2.21. The predicted octanol–water partition coefficient (Wildman–Crippen LogP) is 1.93. The molecule has 0 saturated carbocycles. The summed E-state index contributed by atoms with van der Waals surface area (Å²) in [6.07, 6.45) is 2.60. The Bertz CT molecular complexity index is 630. The van der Waals surface area contributed by atoms with E-state index in [9.17, 15) is 4.79 Å². The van der Waals surface area contributed by atoms with Gasteiger partial charge in [-0.3, -0.25) is 9.48 Å². The summed E-state index contributed by atoms with van der Waals surface area (Å²) in [5, 5.41) is 4.15. The Labute approximate surface area is 112 Å². The van der Waals surface area contributed by atoms with E-state index in [2.05, 4.69) is 23.3 Å². The fraction of sp³-hybridized carbons (Fsp3) is 0.333. The van der Waals surface area contributed by atoms with Gasteiger partial charge in [-0.05, 0) is 24.5 Å². The molecule has 1 aliphatic heterocycles. The van der Waals surface area contributed by atoms with Gasteiger partial charge in [0.1, 0.15) is 0 Å². The Morgan fingerprint density at radius 3 is 2.68 bits per heavy atom. The summed E-state index contributed by atoms with van der Waals surface area (Å²) < 4.78 is 1.74. The molecule has 0 N–H and O–H groups in total. The Kier molecular flexibility index (Phi) is 2.85. The molecule has 0 atom stereocenters. The van der Waals surface area contributed by atoms with Crippen LogP contribution in [0, 0.1) is 6.92 Å². The molecule has 1 aromatic carbocycles. The average Bonchev–Trinajstić information content (AvgIpc) is 2.78. The van der Waals surface area contributed by atoms with Crippen LogP contribution in [0.3, 0.4) is 0 Å². The zero-order valence-corrected chi connectivity index (χ0v) is 11.3. The Balaban J connectivity index is 1.85. The number of rotatable bonds is 1. The van der Waals surface area contributed by atoms with Crippen molar-refractivity contribution in [2.45, 2.75) is 19.9 Å². The fourth-order valence-corrected chi connectivity index (χ4v) is 2.55. The van der Waals surface area contributed by atoms with Gasteiger partial charge in [-0.2, -0.15) is 5.10 Å². The van der Waals surface area contributed by atoms with E-state index in [1.807, 2.05) is 24.9 Å². The van der Waals surface area contributed by atoms with Gasteiger partial charge in [0.15, 0.2) is 0 Å². The second kappa shape index (κ2) is 4.53. The van der Waals surface area contributed by atoms with Crippen LogP contribution in [0.5, 0.6) is 0 Å². The zero-order valence-electron chi connectivity index (χ0n) is 11.3. The van der Waals surface area contributed by atoms with E-state index in [0.717, 1.165) is 18.7 Å². The topological polar surface area (TPSA) is 38.1 Å². The van der Waals surface area contributed by atoms with Gasteiger partial charge in [-0.1, -0.05) is 24.3 Å². The largest absolute Gasteiger partial charge is 0.334 e. The van der Waals surface area contributed by atoms with Crippen LogP contribution in [0.4, 0.5) is 0 Å². The number of benzene rings is 1. The summed E-state index contributed by atoms with van der Waals surface area (Å²) in [5.74, 6) is 0.0834. The maximum absolute atomic E-state index is 12.5. The summed E-state index contributed by atoms with van der Waals surface area (Å²) >= 11 is 0. The predicted molar refractivity (Wildman–Crippen MR) is 72.8 cm³/mol. The monoisotopic (exact) mass is 255 g/mol. The van der Waals surface area contributed by atoms with Gasteiger partial charge in [0.2, 0.25) is 0 Å². The van der Waals surface area contributed by atoms with E-state index in [1.165, 1.54) is 11.1 Å². The summed E-state index contributed by atoms with van der Waals surface area (Å²) in [7, 11) is 1.86. The molecule has 2 aromatic rings. The van der Waals surface area contributed by atoms with E-state index < -0.39 is 0 Å². The van der Waals surface area contributed by atoms with Crippen LogP contribution >= 0.6 is 0 Å². The zero-order chi connectivity index (χ0) is 13.4. The summed E-state index contributed by atoms with van der Waals surface area (Å²) in [6, 6.07) is 8.33. The van der Waals surface area contributed by atoms with Crippen molar-refractivity contribution < 1.29 is 4.79 Å². The standard InChI is InChI=1S/C15H17N3O/c1-11-14(9-16-17(11)2)15(19)18-8-7-12-5-3-4-6-13(12)10-18/h3-6,9H,7-8,10H2,1-2H3. The number of nitrogens with zero attached hydrogens (tertiary/aromatic N) is 3. The van der Waals surface area contributed by atoms with Gasteiger partial charge in [-0.25, -0.2) is 0 Å². The summed E-state index contributed by atoms with van der Waals surface area (Å²) in [5.41, 5.74) is 4.24. The lowest BCUT2D eigenvalue weighted by molar-refractivity contribution is 0.0734. The molecule has 1 amide bonds. The van der Waals surface area contributed by atoms with Crippen molar-refractivity contribution in [2.24, 2.45) is 7.05 Å². The SMILES string of the molecule is Cc1c(C(=O)N2CCc3ccccc3C2)cnn1C. The van der Waals surface area contributed by atoms with Gasteiger partial charge in [0, 0.05) is 25.8 Å². The third-order valence-corrected chi connectivity index (χ3v) is 3.88. The minimum Gasteiger partial charge on any atom is -0.334 e. The van der Waals surface area contributed by atoms with Crippen LogP contribution in [-0.4, -0.2) is 27.1 Å². The fourth-order valence-electron chi connectivity index (χ4n) is 2.55. The minimum atomic E-state index is 0.0834. The molecule has 98 valence electrons. The van der Waals surface area contributed by atoms with E-state index in [0.29, 0.717) is 12.1 Å². The molecular formula is C15H17N3O. The molecule has 4 heteroatoms. The Hall–Kier alpha value is -2.10. The molecule has 2 heterocycles. The van der Waals surface area contributed by atoms with Crippen molar-refractivity contribution in [1.82, 2.24) is 14.7 Å². The first-order valence-electron chi connectivity index (χ1n) is 6.51. The van der Waals surface area contributed by atoms with Gasteiger partial charge in [0.25, 0.3) is 5.91 Å². The maximum atomic E-state index is 12.5. The van der Waals surface area contributed by atoms with E-state index in [1.54, 1.807) is 10.9 Å². The molecule has 0 fully saturated rings. The molecule has 0 saturated heterocycles. The molecule has 4 nitrogen and oxygen atoms in total. The highest BCUT2D eigenvalue weighted by molar-refractivity contribution is 5.95. The molecule has 0 radical (unpaired) electrons. The van der Waals surface area contributed by atoms with E-state index in [4.69, 9.17) is 0 Å². The highest BCUT2D eigenvalue weighted by Gasteiger charge is 2.23. The highest BCUT2D eigenvalue weighted by atomic mass is 16.2. The van der Waals surface area contributed by atoms with Gasteiger partial charge >= 0.3 is 0 Å². The smallest absolute Gasteiger partial charge is 0.257 e. The minimum absolute atomic E-state index is 0.0834. The van der Waals surface area contributed by atoms with E-state index >= 15 is 0 Å². The first-order valence-corrected chi connectivity index (χ1v) is 6.51. The molecule has 0 spiro atoms. The number of amides is 1. The summed E-state index contributed by atoms with van der Waals surface area (Å²) in [6.45, 7) is 3.41. The first kappa shape index (κ1) is 12.0. The molecule has 0 unspecified atom stereocenters. The molecule has 3 rings (SSSR count). The first-order chi connectivity index (χ1) is 9.16. The van der Waals surface area contributed by atoms with Crippen molar-refractivity contribution in [1.29, 1.82) is 0 Å². The van der Waals surface area contributed by atoms with Crippen LogP contribution < -0.4 is 0 Å². The number of carbonyl (C=O) groups excluding carboxylic acids is 1. The Morgan fingerprint density at radius 1 is 1.26 bits per heavy atom. The molecular weight excluding hydrogens is 238 g/mol. The number of aryl methyl sites for hydroxylation is 1. The third-order valence-electron chi connectivity index (χ3n) is 3.88. The molecule has 1 aromatic heterocycles. The normalized spacial score (nSPS) is 14.3. The molecule has 19 heavy (non-hydrogen) atoms. The van der Waals surface area contributed by atoms with Crippen LogP contribution in [0.15, 0.2) is 30.5 Å². The van der Waals surface area contributed by atoms with Crippen LogP contribution in [0.25, 0.3) is 0 Å². The quantitative estimate of drug-likeness (QED) is 0.781. The number of fused-ring (bicyclic) bond motifs is 1. The van der Waals surface area contributed by atoms with Gasteiger partial charge in [-0.15, -0.1) is 0 Å². The van der Waals surface area contributed by atoms with Gasteiger partial charge < -0.3 is 4.90 Å². The van der Waals surface area contributed by atoms with Crippen LogP contribution in [0.2, 0.25) is 0 Å². The van der Waals surface area contributed by atoms with E-state index in [-0.39, 0.29) is 5.91 Å². The number of aromatic nitrogens is 2. The maximum Gasteiger partial charge on any atom is 0.257 e. The second-order valence-corrected chi connectivity index (χ2v) is 5.01. The van der Waals surface area contributed by atoms with Crippen molar-refractivity contribution in [3.63, 3.8) is 0 Å². The lowest BCUT2D eigenvalue weighted by Gasteiger charge is -2.28. The Morgan fingerprint density at radius 2 is 2.00 bits per heavy atom. The van der Waals surface area contributed by atoms with Crippen molar-refractivity contribution in [2.75, 3.05) is 6.54 Å². The van der Waals surface area contributed by atoms with Crippen molar-refractivity contribution >= 4 is 5.91 Å². The average molecular weight is 255 g/mol. The number of hydrogen-bond donors (Lipinski definition) is 0. The molecule has 1 aliphatic rings. The third kappa shape index (κ3) is 2.03. The van der Waals surface area contributed by atoms with Gasteiger partial charge in [0.05, 0.1) is 11.8 Å². The molecule has 0 aliphatic carbocycles. The second-order valence-electron chi connectivity index (χ2n) is 5.01. The molecule has 0 bridgehead atoms. The van der Waals surface area contributed by atoms with Crippen LogP contribution in [-0.2, 0) is 20.0 Å². The van der Waals surface area contributed by atoms with Crippen molar-refractivity contribution in [3.05, 3.63) is 52.8 Å². The van der Waals surface area contributed by atoms with Crippen LogP contribution in [0.1, 0.15) is 27.2 Å². The number of carbonyl (C=O) groups is 1. The number of hydrogen-bond acceptors (Lipinski definition) is 2. The lowest BCUT2D eigenvalue weighted by Crippen LogP contribution is -2.36. The lowest BCUT2D eigenvalue weighted by atomic mass is 9.99. The van der Waals surface area contributed by atoms with Crippen molar-refractivity contribution in [3.8, 4) is 0 Å². The summed E-state index contributed by atoms with van der Waals surface area (Å²) in [4.78, 5) is 14.4.